The van der Waals surface area contributed by atoms with E-state index in [0.29, 0.717) is 26.2 Å². The molecule has 0 aliphatic heterocycles. The molecule has 0 N–H and O–H groups in total. The van der Waals surface area contributed by atoms with Crippen molar-refractivity contribution in [3.63, 3.8) is 0 Å². The summed E-state index contributed by atoms with van der Waals surface area (Å²) >= 11 is 3.41. The van der Waals surface area contributed by atoms with Gasteiger partial charge in [0.05, 0.1) is 13.2 Å². The zero-order chi connectivity index (χ0) is 14.8. The van der Waals surface area contributed by atoms with Gasteiger partial charge in [0.25, 0.3) is 0 Å². The highest BCUT2D eigenvalue weighted by atomic mass is 79.9. The minimum absolute atomic E-state index is 0.150. The van der Waals surface area contributed by atoms with Crippen molar-refractivity contribution in [1.29, 1.82) is 0 Å². The number of nitrogens with zero attached hydrogens (tertiary/aromatic N) is 1. The van der Waals surface area contributed by atoms with Crippen LogP contribution in [-0.4, -0.2) is 57.8 Å². The number of rotatable bonds is 10. The maximum absolute atomic E-state index is 12.2. The summed E-state index contributed by atoms with van der Waals surface area (Å²) in [5.74, 6) is 0.150. The monoisotopic (exact) mass is 343 g/mol. The Morgan fingerprint density at radius 2 is 1.70 bits per heavy atom. The van der Waals surface area contributed by atoms with Crippen LogP contribution in [0.15, 0.2) is 28.7 Å². The van der Waals surface area contributed by atoms with Crippen molar-refractivity contribution in [3.05, 3.63) is 34.3 Å². The van der Waals surface area contributed by atoms with E-state index in [1.807, 2.05) is 24.3 Å². The average molecular weight is 344 g/mol. The van der Waals surface area contributed by atoms with Crippen LogP contribution in [0.2, 0.25) is 0 Å². The Morgan fingerprint density at radius 1 is 1.10 bits per heavy atom. The second-order valence-electron chi connectivity index (χ2n) is 4.48. The van der Waals surface area contributed by atoms with Crippen molar-refractivity contribution in [1.82, 2.24) is 4.90 Å². The van der Waals surface area contributed by atoms with Crippen molar-refractivity contribution in [2.45, 2.75) is 6.42 Å². The van der Waals surface area contributed by atoms with Crippen LogP contribution < -0.4 is 0 Å². The maximum atomic E-state index is 12.2. The van der Waals surface area contributed by atoms with E-state index in [2.05, 4.69) is 20.8 Å². The van der Waals surface area contributed by atoms with Gasteiger partial charge in [-0.1, -0.05) is 34.1 Å². The first-order chi connectivity index (χ1) is 9.69. The van der Waals surface area contributed by atoms with Gasteiger partial charge >= 0.3 is 0 Å². The number of ketones is 1. The molecule has 0 aliphatic carbocycles. The number of hydrogen-bond donors (Lipinski definition) is 0. The van der Waals surface area contributed by atoms with E-state index in [4.69, 9.17) is 9.47 Å². The van der Waals surface area contributed by atoms with Gasteiger partial charge < -0.3 is 9.47 Å². The lowest BCUT2D eigenvalue weighted by Crippen LogP contribution is -2.32. The Balaban J connectivity index is 2.49. The topological polar surface area (TPSA) is 38.8 Å². The maximum Gasteiger partial charge on any atom is 0.165 e. The molecule has 0 aliphatic rings. The molecule has 0 radical (unpaired) electrons. The van der Waals surface area contributed by atoms with Gasteiger partial charge in [0.2, 0.25) is 0 Å². The van der Waals surface area contributed by atoms with E-state index >= 15 is 0 Å². The quantitative estimate of drug-likeness (QED) is 0.612. The second kappa shape index (κ2) is 10.0. The third kappa shape index (κ3) is 6.13. The highest BCUT2D eigenvalue weighted by molar-refractivity contribution is 9.10. The smallest absolute Gasteiger partial charge is 0.165 e. The lowest BCUT2D eigenvalue weighted by Gasteiger charge is -2.21. The number of carbonyl (C=O) groups excluding carboxylic acids is 1. The normalized spacial score (nSPS) is 11.0. The molecule has 0 aromatic heterocycles. The molecular formula is C15H22BrNO3. The predicted octanol–water partition coefficient (Wildman–Crippen LogP) is 2.62. The second-order valence-corrected chi connectivity index (χ2v) is 5.33. The Labute approximate surface area is 129 Å². The summed E-state index contributed by atoms with van der Waals surface area (Å²) in [7, 11) is 3.36. The van der Waals surface area contributed by atoms with Gasteiger partial charge in [0.15, 0.2) is 5.78 Å². The summed E-state index contributed by atoms with van der Waals surface area (Å²) in [4.78, 5) is 14.4. The van der Waals surface area contributed by atoms with Gasteiger partial charge in [-0.25, -0.2) is 0 Å². The van der Waals surface area contributed by atoms with Crippen LogP contribution in [0.4, 0.5) is 0 Å². The van der Waals surface area contributed by atoms with Gasteiger partial charge in [-0.05, 0) is 6.07 Å². The van der Waals surface area contributed by atoms with Crippen LogP contribution in [0.3, 0.4) is 0 Å². The number of benzene rings is 1. The molecule has 0 bridgehead atoms. The molecular weight excluding hydrogens is 322 g/mol. The van der Waals surface area contributed by atoms with E-state index in [1.165, 1.54) is 0 Å². The highest BCUT2D eigenvalue weighted by Crippen LogP contribution is 2.17. The number of methoxy groups -OCH3 is 2. The van der Waals surface area contributed by atoms with E-state index in [1.54, 1.807) is 14.2 Å². The largest absolute Gasteiger partial charge is 0.383 e. The first kappa shape index (κ1) is 17.3. The van der Waals surface area contributed by atoms with Crippen molar-refractivity contribution >= 4 is 21.7 Å². The zero-order valence-electron chi connectivity index (χ0n) is 12.1. The fraction of sp³-hybridized carbons (Fsp3) is 0.533. The van der Waals surface area contributed by atoms with Crippen LogP contribution in [-0.2, 0) is 9.47 Å². The first-order valence-corrected chi connectivity index (χ1v) is 7.46. The van der Waals surface area contributed by atoms with Crippen molar-refractivity contribution < 1.29 is 14.3 Å². The number of carbonyl (C=O) groups is 1. The van der Waals surface area contributed by atoms with E-state index in [9.17, 15) is 4.79 Å². The molecule has 5 heteroatoms. The summed E-state index contributed by atoms with van der Waals surface area (Å²) in [5.41, 5.74) is 0.742. The third-order valence-electron chi connectivity index (χ3n) is 3.05. The molecule has 1 aromatic rings. The van der Waals surface area contributed by atoms with Gasteiger partial charge in [0, 0.05) is 50.3 Å². The number of ether oxygens (including phenoxy) is 2. The van der Waals surface area contributed by atoms with E-state index < -0.39 is 0 Å². The summed E-state index contributed by atoms with van der Waals surface area (Å²) < 4.78 is 11.0. The minimum Gasteiger partial charge on any atom is -0.383 e. The van der Waals surface area contributed by atoms with Gasteiger partial charge in [-0.15, -0.1) is 0 Å². The minimum atomic E-state index is 0.150. The Kier molecular flexibility index (Phi) is 8.69. The van der Waals surface area contributed by atoms with Crippen LogP contribution >= 0.6 is 15.9 Å². The van der Waals surface area contributed by atoms with Crippen molar-refractivity contribution in [2.75, 3.05) is 47.1 Å². The molecule has 0 saturated carbocycles. The Hall–Kier alpha value is -0.750. The van der Waals surface area contributed by atoms with E-state index in [0.717, 1.165) is 23.1 Å². The molecule has 0 spiro atoms. The Morgan fingerprint density at radius 3 is 2.25 bits per heavy atom. The van der Waals surface area contributed by atoms with Crippen LogP contribution in [0.1, 0.15) is 16.8 Å². The summed E-state index contributed by atoms with van der Waals surface area (Å²) in [6.45, 7) is 3.65. The summed E-state index contributed by atoms with van der Waals surface area (Å²) in [5, 5.41) is 0. The predicted molar refractivity (Wildman–Crippen MR) is 83.3 cm³/mol. The van der Waals surface area contributed by atoms with Crippen LogP contribution in [0.25, 0.3) is 0 Å². The SMILES string of the molecule is COCCN(CCOC)CCC(=O)c1ccccc1Br. The lowest BCUT2D eigenvalue weighted by molar-refractivity contribution is 0.0910. The summed E-state index contributed by atoms with van der Waals surface area (Å²) in [6.07, 6.45) is 0.496. The molecule has 1 rings (SSSR count). The number of halogens is 1. The zero-order valence-corrected chi connectivity index (χ0v) is 13.7. The molecule has 112 valence electrons. The van der Waals surface area contributed by atoms with Crippen molar-refractivity contribution in [2.24, 2.45) is 0 Å². The molecule has 0 fully saturated rings. The molecule has 0 amide bonds. The molecule has 20 heavy (non-hydrogen) atoms. The number of Topliss-reactive ketones (excluding diaryl/α,β-unsaturated/α-hetero) is 1. The van der Waals surface area contributed by atoms with Gasteiger partial charge in [-0.2, -0.15) is 0 Å². The molecule has 1 aromatic carbocycles. The van der Waals surface area contributed by atoms with Crippen LogP contribution in [0.5, 0.6) is 0 Å². The van der Waals surface area contributed by atoms with Crippen LogP contribution in [0, 0.1) is 0 Å². The Bertz CT molecular complexity index is 404. The molecule has 0 heterocycles. The summed E-state index contributed by atoms with van der Waals surface area (Å²) in [6, 6.07) is 7.53. The highest BCUT2D eigenvalue weighted by Gasteiger charge is 2.12. The molecule has 0 unspecified atom stereocenters. The fourth-order valence-electron chi connectivity index (χ4n) is 1.86. The molecule has 0 saturated heterocycles. The fourth-order valence-corrected chi connectivity index (χ4v) is 2.36. The standard InChI is InChI=1S/C15H22BrNO3/c1-19-11-9-17(10-12-20-2)8-7-15(18)13-5-3-4-6-14(13)16/h3-6H,7-12H2,1-2H3. The molecule has 4 nitrogen and oxygen atoms in total. The number of hydrogen-bond acceptors (Lipinski definition) is 4. The lowest BCUT2D eigenvalue weighted by atomic mass is 10.1. The van der Waals surface area contributed by atoms with Crippen molar-refractivity contribution in [3.8, 4) is 0 Å². The molecule has 0 atom stereocenters. The van der Waals surface area contributed by atoms with Gasteiger partial charge in [0.1, 0.15) is 0 Å². The van der Waals surface area contributed by atoms with E-state index in [-0.39, 0.29) is 5.78 Å². The first-order valence-electron chi connectivity index (χ1n) is 6.67. The van der Waals surface area contributed by atoms with Gasteiger partial charge in [-0.3, -0.25) is 9.69 Å². The third-order valence-corrected chi connectivity index (χ3v) is 3.74. The average Bonchev–Trinajstić information content (AvgIpc) is 2.46.